The molecule has 1 unspecified atom stereocenters. The first-order valence-corrected chi connectivity index (χ1v) is 9.78. The van der Waals surface area contributed by atoms with Crippen molar-refractivity contribution in [3.05, 3.63) is 50.9 Å². The molecule has 1 saturated heterocycles. The van der Waals surface area contributed by atoms with Crippen LogP contribution in [0.2, 0.25) is 0 Å². The number of nitro groups is 1. The minimum Gasteiger partial charge on any atom is -0.478 e. The highest BCUT2D eigenvalue weighted by Crippen LogP contribution is 2.30. The van der Waals surface area contributed by atoms with Crippen LogP contribution in [0, 0.1) is 10.1 Å². The average molecular weight is 420 g/mol. The van der Waals surface area contributed by atoms with Gasteiger partial charge in [-0.3, -0.25) is 10.1 Å². The summed E-state index contributed by atoms with van der Waals surface area (Å²) < 4.78 is 5.59. The number of carboxylic acid groups (broad SMARTS) is 1. The number of para-hydroxylation sites is 2. The van der Waals surface area contributed by atoms with E-state index in [1.165, 1.54) is 35.6 Å². The Balaban J connectivity index is 1.63. The van der Waals surface area contributed by atoms with Crippen LogP contribution < -0.4 is 16.0 Å². The van der Waals surface area contributed by atoms with Gasteiger partial charge in [-0.05, 0) is 31.4 Å². The number of carboxylic acids is 1. The zero-order valence-corrected chi connectivity index (χ0v) is 16.2. The summed E-state index contributed by atoms with van der Waals surface area (Å²) in [6.07, 6.45) is 2.55. The van der Waals surface area contributed by atoms with Gasteiger partial charge in [-0.15, -0.1) is 11.3 Å². The van der Waals surface area contributed by atoms with Crippen molar-refractivity contribution >= 4 is 39.7 Å². The number of nitrogens with zero attached hydrogens (tertiary/aromatic N) is 1. The number of nitrogens with one attached hydrogen (secondary N) is 3. The predicted octanol–water partition coefficient (Wildman–Crippen LogP) is 3.61. The monoisotopic (exact) mass is 420 g/mol. The Morgan fingerprint density at radius 3 is 2.79 bits per heavy atom. The molecule has 0 aliphatic carbocycles. The van der Waals surface area contributed by atoms with Gasteiger partial charge in [0.15, 0.2) is 0 Å². The molecular formula is C18H20N4O6S. The molecule has 2 heterocycles. The molecule has 3 rings (SSSR count). The SMILES string of the molecule is O=C(NCc1cc(C(=O)O)c(NC2CCCCO2)s1)Nc1ccccc1[N+](=O)[O-]. The Morgan fingerprint density at radius 1 is 1.31 bits per heavy atom. The Labute approximate surface area is 170 Å². The van der Waals surface area contributed by atoms with Crippen molar-refractivity contribution in [1.29, 1.82) is 0 Å². The number of carbonyl (C=O) groups is 2. The van der Waals surface area contributed by atoms with Gasteiger partial charge < -0.3 is 25.8 Å². The van der Waals surface area contributed by atoms with Crippen molar-refractivity contribution in [2.24, 2.45) is 0 Å². The largest absolute Gasteiger partial charge is 0.478 e. The van der Waals surface area contributed by atoms with E-state index in [0.29, 0.717) is 16.5 Å². The maximum atomic E-state index is 12.1. The predicted molar refractivity (Wildman–Crippen MR) is 107 cm³/mol. The molecule has 0 spiro atoms. The van der Waals surface area contributed by atoms with Crippen molar-refractivity contribution in [2.75, 3.05) is 17.2 Å². The highest BCUT2D eigenvalue weighted by atomic mass is 32.1. The molecule has 11 heteroatoms. The highest BCUT2D eigenvalue weighted by Gasteiger charge is 2.21. The van der Waals surface area contributed by atoms with Gasteiger partial charge in [-0.2, -0.15) is 0 Å². The van der Waals surface area contributed by atoms with Crippen molar-refractivity contribution < 1.29 is 24.4 Å². The zero-order valence-electron chi connectivity index (χ0n) is 15.3. The summed E-state index contributed by atoms with van der Waals surface area (Å²) in [4.78, 5) is 34.7. The molecule has 29 heavy (non-hydrogen) atoms. The van der Waals surface area contributed by atoms with Crippen LogP contribution in [0.15, 0.2) is 30.3 Å². The van der Waals surface area contributed by atoms with Gasteiger partial charge in [0.05, 0.1) is 17.0 Å². The third-order valence-electron chi connectivity index (χ3n) is 4.26. The molecule has 1 atom stereocenters. The Kier molecular flexibility index (Phi) is 6.62. The highest BCUT2D eigenvalue weighted by molar-refractivity contribution is 7.16. The lowest BCUT2D eigenvalue weighted by atomic mass is 10.2. The molecule has 1 aliphatic heterocycles. The third kappa shape index (κ3) is 5.42. The van der Waals surface area contributed by atoms with Gasteiger partial charge >= 0.3 is 12.0 Å². The second-order valence-electron chi connectivity index (χ2n) is 6.34. The van der Waals surface area contributed by atoms with Crippen molar-refractivity contribution in [3.63, 3.8) is 0 Å². The normalized spacial score (nSPS) is 16.1. The Morgan fingerprint density at radius 2 is 2.10 bits per heavy atom. The summed E-state index contributed by atoms with van der Waals surface area (Å²) >= 11 is 1.22. The molecule has 154 valence electrons. The van der Waals surface area contributed by atoms with E-state index in [-0.39, 0.29) is 29.7 Å². The fourth-order valence-electron chi connectivity index (χ4n) is 2.87. The summed E-state index contributed by atoms with van der Waals surface area (Å²) in [7, 11) is 0. The quantitative estimate of drug-likeness (QED) is 0.396. The van der Waals surface area contributed by atoms with Gasteiger partial charge in [-0.1, -0.05) is 12.1 Å². The van der Waals surface area contributed by atoms with E-state index in [9.17, 15) is 24.8 Å². The van der Waals surface area contributed by atoms with Crippen LogP contribution in [0.4, 0.5) is 21.2 Å². The third-order valence-corrected chi connectivity index (χ3v) is 5.32. The van der Waals surface area contributed by atoms with Gasteiger partial charge in [0.25, 0.3) is 5.69 Å². The number of benzene rings is 1. The molecular weight excluding hydrogens is 400 g/mol. The van der Waals surface area contributed by atoms with Crippen LogP contribution in [0.3, 0.4) is 0 Å². The fraction of sp³-hybridized carbons (Fsp3) is 0.333. The van der Waals surface area contributed by atoms with Crippen LogP contribution in [0.5, 0.6) is 0 Å². The van der Waals surface area contributed by atoms with Crippen molar-refractivity contribution in [3.8, 4) is 0 Å². The maximum absolute atomic E-state index is 12.1. The molecule has 1 aromatic heterocycles. The number of carbonyl (C=O) groups excluding carboxylic acids is 1. The van der Waals surface area contributed by atoms with Crippen molar-refractivity contribution in [2.45, 2.75) is 32.0 Å². The number of amides is 2. The molecule has 10 nitrogen and oxygen atoms in total. The van der Waals surface area contributed by atoms with Crippen LogP contribution >= 0.6 is 11.3 Å². The molecule has 0 saturated carbocycles. The summed E-state index contributed by atoms with van der Waals surface area (Å²) in [5.74, 6) is -1.07. The number of nitro benzene ring substituents is 1. The standard InChI is InChI=1S/C18H20N4O6S/c23-17(24)12-9-11(29-16(12)21-15-7-3-4-8-28-15)10-19-18(25)20-13-5-1-2-6-14(13)22(26)27/h1-2,5-6,9,15,21H,3-4,7-8,10H2,(H,23,24)(H2,19,20,25). The second kappa shape index (κ2) is 9.34. The molecule has 2 aromatic rings. The molecule has 1 fully saturated rings. The lowest BCUT2D eigenvalue weighted by molar-refractivity contribution is -0.383. The van der Waals surface area contributed by atoms with E-state index < -0.39 is 16.9 Å². The fourth-order valence-corrected chi connectivity index (χ4v) is 3.90. The van der Waals surface area contributed by atoms with Gasteiger partial charge in [0.1, 0.15) is 16.9 Å². The van der Waals surface area contributed by atoms with Crippen LogP contribution in [-0.4, -0.2) is 34.9 Å². The van der Waals surface area contributed by atoms with E-state index in [4.69, 9.17) is 4.74 Å². The number of aromatic carboxylic acids is 1. The van der Waals surface area contributed by atoms with E-state index in [0.717, 1.165) is 19.3 Å². The van der Waals surface area contributed by atoms with Crippen molar-refractivity contribution in [1.82, 2.24) is 5.32 Å². The zero-order chi connectivity index (χ0) is 20.8. The maximum Gasteiger partial charge on any atom is 0.338 e. The molecule has 4 N–H and O–H groups in total. The molecule has 0 radical (unpaired) electrons. The molecule has 1 aromatic carbocycles. The summed E-state index contributed by atoms with van der Waals surface area (Å²) in [6, 6.07) is 6.66. The molecule has 1 aliphatic rings. The first-order valence-electron chi connectivity index (χ1n) is 8.96. The van der Waals surface area contributed by atoms with E-state index in [1.54, 1.807) is 6.07 Å². The van der Waals surface area contributed by atoms with E-state index >= 15 is 0 Å². The average Bonchev–Trinajstić information content (AvgIpc) is 3.10. The lowest BCUT2D eigenvalue weighted by Crippen LogP contribution is -2.28. The number of anilines is 2. The van der Waals surface area contributed by atoms with E-state index in [1.807, 2.05) is 0 Å². The van der Waals surface area contributed by atoms with Crippen LogP contribution in [-0.2, 0) is 11.3 Å². The number of thiophene rings is 1. The van der Waals surface area contributed by atoms with Crippen LogP contribution in [0.1, 0.15) is 34.5 Å². The van der Waals surface area contributed by atoms with Gasteiger partial charge in [0.2, 0.25) is 0 Å². The first kappa shape index (κ1) is 20.6. The Bertz CT molecular complexity index is 910. The van der Waals surface area contributed by atoms with Gasteiger partial charge in [0, 0.05) is 17.6 Å². The number of hydrogen-bond acceptors (Lipinski definition) is 7. The summed E-state index contributed by atoms with van der Waals surface area (Å²) in [5.41, 5.74) is -0.0322. The first-order chi connectivity index (χ1) is 13.9. The number of hydrogen-bond donors (Lipinski definition) is 4. The summed E-state index contributed by atoms with van der Waals surface area (Å²) in [5, 5.41) is 29.0. The smallest absolute Gasteiger partial charge is 0.338 e. The number of urea groups is 1. The summed E-state index contributed by atoms with van der Waals surface area (Å²) in [6.45, 7) is 0.705. The minimum absolute atomic E-state index is 0.0733. The van der Waals surface area contributed by atoms with Gasteiger partial charge in [-0.25, -0.2) is 9.59 Å². The number of rotatable bonds is 7. The number of ether oxygens (including phenoxy) is 1. The van der Waals surface area contributed by atoms with E-state index in [2.05, 4.69) is 16.0 Å². The minimum atomic E-state index is -1.07. The van der Waals surface area contributed by atoms with Crippen LogP contribution in [0.25, 0.3) is 0 Å². The second-order valence-corrected chi connectivity index (χ2v) is 7.48. The Hall–Kier alpha value is -3.18. The molecule has 0 bridgehead atoms. The lowest BCUT2D eigenvalue weighted by Gasteiger charge is -2.23. The topological polar surface area (TPSA) is 143 Å². The molecule has 2 amide bonds.